The lowest BCUT2D eigenvalue weighted by Crippen LogP contribution is -2.43. The van der Waals surface area contributed by atoms with Gasteiger partial charge in [-0.05, 0) is 31.5 Å². The highest BCUT2D eigenvalue weighted by molar-refractivity contribution is 7.91. The molecule has 0 aliphatic heterocycles. The van der Waals surface area contributed by atoms with E-state index in [0.717, 1.165) is 18.4 Å². The Bertz CT molecular complexity index is 570. The summed E-state index contributed by atoms with van der Waals surface area (Å²) in [5, 5.41) is 2.36. The molecule has 2 atom stereocenters. The summed E-state index contributed by atoms with van der Waals surface area (Å²) in [6.07, 6.45) is -3.04. The van der Waals surface area contributed by atoms with Crippen LogP contribution in [-0.4, -0.2) is 32.5 Å². The molecule has 7 heteroatoms. The Labute approximate surface area is 123 Å². The SMILES string of the molecule is CCNC(Cc1cccc(C(F)(F)F)c1)C(C)S(C)(=O)=O. The lowest BCUT2D eigenvalue weighted by atomic mass is 10.0. The smallest absolute Gasteiger partial charge is 0.313 e. The Kier molecular flexibility index (Phi) is 5.81. The van der Waals surface area contributed by atoms with E-state index in [9.17, 15) is 21.6 Å². The molecule has 0 aliphatic rings. The quantitative estimate of drug-likeness (QED) is 0.875. The number of alkyl halides is 3. The minimum atomic E-state index is -4.40. The van der Waals surface area contributed by atoms with Gasteiger partial charge < -0.3 is 5.32 Å². The van der Waals surface area contributed by atoms with E-state index in [4.69, 9.17) is 0 Å². The number of hydrogen-bond donors (Lipinski definition) is 1. The molecule has 3 nitrogen and oxygen atoms in total. The Balaban J connectivity index is 3.00. The van der Waals surface area contributed by atoms with E-state index in [-0.39, 0.29) is 6.42 Å². The van der Waals surface area contributed by atoms with Gasteiger partial charge in [-0.3, -0.25) is 0 Å². The number of benzene rings is 1. The van der Waals surface area contributed by atoms with Crippen LogP contribution in [0.4, 0.5) is 13.2 Å². The number of sulfone groups is 1. The molecule has 21 heavy (non-hydrogen) atoms. The standard InChI is InChI=1S/C14H20F3NO2S/c1-4-18-13(10(2)21(3,19)20)9-11-6-5-7-12(8-11)14(15,16)17/h5-8,10,13,18H,4,9H2,1-3H3. The molecule has 1 aromatic rings. The minimum absolute atomic E-state index is 0.228. The maximum Gasteiger partial charge on any atom is 0.416 e. The third-order valence-corrected chi connectivity index (χ3v) is 5.10. The van der Waals surface area contributed by atoms with Crippen LogP contribution in [0, 0.1) is 0 Å². The van der Waals surface area contributed by atoms with E-state index >= 15 is 0 Å². The van der Waals surface area contributed by atoms with Crippen molar-refractivity contribution < 1.29 is 21.6 Å². The zero-order valence-electron chi connectivity index (χ0n) is 12.2. The van der Waals surface area contributed by atoms with Gasteiger partial charge in [0.1, 0.15) is 0 Å². The van der Waals surface area contributed by atoms with Crippen LogP contribution >= 0.6 is 0 Å². The molecule has 1 aromatic carbocycles. The van der Waals surface area contributed by atoms with E-state index in [1.807, 2.05) is 6.92 Å². The topological polar surface area (TPSA) is 46.2 Å². The first-order chi connectivity index (χ1) is 9.55. The van der Waals surface area contributed by atoms with Crippen molar-refractivity contribution in [3.8, 4) is 0 Å². The number of nitrogens with one attached hydrogen (secondary N) is 1. The third-order valence-electron chi connectivity index (χ3n) is 3.42. The molecule has 0 aromatic heterocycles. The van der Waals surface area contributed by atoms with Gasteiger partial charge in [0.15, 0.2) is 9.84 Å². The van der Waals surface area contributed by atoms with Crippen molar-refractivity contribution in [2.75, 3.05) is 12.8 Å². The summed E-state index contributed by atoms with van der Waals surface area (Å²) in [7, 11) is -3.27. The van der Waals surface area contributed by atoms with Crippen molar-refractivity contribution in [2.24, 2.45) is 0 Å². The summed E-state index contributed by atoms with van der Waals surface area (Å²) in [5.74, 6) is 0. The van der Waals surface area contributed by atoms with E-state index in [0.29, 0.717) is 12.1 Å². The van der Waals surface area contributed by atoms with Gasteiger partial charge in [0.25, 0.3) is 0 Å². The first-order valence-electron chi connectivity index (χ1n) is 6.64. The van der Waals surface area contributed by atoms with Gasteiger partial charge in [-0.15, -0.1) is 0 Å². The predicted octanol–water partition coefficient (Wildman–Crippen LogP) is 2.66. The van der Waals surface area contributed by atoms with E-state index in [1.165, 1.54) is 6.07 Å². The number of likely N-dealkylation sites (N-methyl/N-ethyl adjacent to an activating group) is 1. The van der Waals surface area contributed by atoms with Crippen molar-refractivity contribution in [3.05, 3.63) is 35.4 Å². The van der Waals surface area contributed by atoms with Crippen LogP contribution in [0.25, 0.3) is 0 Å². The van der Waals surface area contributed by atoms with Gasteiger partial charge in [0, 0.05) is 12.3 Å². The van der Waals surface area contributed by atoms with Crippen LogP contribution in [0.3, 0.4) is 0 Å². The molecule has 120 valence electrons. The summed E-state index contributed by atoms with van der Waals surface area (Å²) in [6.45, 7) is 3.94. The van der Waals surface area contributed by atoms with Gasteiger partial charge in [-0.25, -0.2) is 8.42 Å². The number of rotatable bonds is 6. The average molecular weight is 323 g/mol. The largest absolute Gasteiger partial charge is 0.416 e. The fourth-order valence-electron chi connectivity index (χ4n) is 2.09. The third kappa shape index (κ3) is 5.32. The summed E-state index contributed by atoms with van der Waals surface area (Å²) in [5.41, 5.74) is -0.256. The molecular formula is C14H20F3NO2S. The highest BCUT2D eigenvalue weighted by Crippen LogP contribution is 2.29. The van der Waals surface area contributed by atoms with Gasteiger partial charge in [0.05, 0.1) is 10.8 Å². The Hall–Kier alpha value is -1.08. The molecule has 0 radical (unpaired) electrons. The van der Waals surface area contributed by atoms with Crippen LogP contribution in [0.5, 0.6) is 0 Å². The second-order valence-corrected chi connectivity index (χ2v) is 7.50. The van der Waals surface area contributed by atoms with E-state index in [1.54, 1.807) is 13.0 Å². The molecular weight excluding hydrogens is 303 g/mol. The molecule has 0 spiro atoms. The Morgan fingerprint density at radius 2 is 1.90 bits per heavy atom. The van der Waals surface area contributed by atoms with Crippen molar-refractivity contribution >= 4 is 9.84 Å². The van der Waals surface area contributed by atoms with Crippen molar-refractivity contribution in [3.63, 3.8) is 0 Å². The molecule has 0 saturated heterocycles. The second-order valence-electron chi connectivity index (χ2n) is 5.10. The van der Waals surface area contributed by atoms with Crippen molar-refractivity contribution in [1.29, 1.82) is 0 Å². The molecule has 0 amide bonds. The maximum atomic E-state index is 12.7. The molecule has 1 N–H and O–H groups in total. The Morgan fingerprint density at radius 3 is 2.38 bits per heavy atom. The van der Waals surface area contributed by atoms with E-state index < -0.39 is 32.9 Å². The zero-order valence-corrected chi connectivity index (χ0v) is 13.1. The summed E-state index contributed by atoms with van der Waals surface area (Å²) in [4.78, 5) is 0. The van der Waals surface area contributed by atoms with Crippen LogP contribution in [-0.2, 0) is 22.4 Å². The summed E-state index contributed by atoms with van der Waals surface area (Å²) >= 11 is 0. The molecule has 0 fully saturated rings. The monoisotopic (exact) mass is 323 g/mol. The minimum Gasteiger partial charge on any atom is -0.313 e. The van der Waals surface area contributed by atoms with Gasteiger partial charge in [-0.1, -0.05) is 25.1 Å². The average Bonchev–Trinajstić information content (AvgIpc) is 2.35. The number of hydrogen-bond acceptors (Lipinski definition) is 3. The predicted molar refractivity (Wildman–Crippen MR) is 76.9 cm³/mol. The highest BCUT2D eigenvalue weighted by atomic mass is 32.2. The summed E-state index contributed by atoms with van der Waals surface area (Å²) in [6, 6.07) is 4.57. The van der Waals surface area contributed by atoms with Crippen LogP contribution in [0.1, 0.15) is 25.0 Å². The van der Waals surface area contributed by atoms with Gasteiger partial charge in [-0.2, -0.15) is 13.2 Å². The molecule has 0 aliphatic carbocycles. The highest BCUT2D eigenvalue weighted by Gasteiger charge is 2.31. The molecule has 0 bridgehead atoms. The molecule has 1 rings (SSSR count). The van der Waals surface area contributed by atoms with Crippen LogP contribution < -0.4 is 5.32 Å². The lowest BCUT2D eigenvalue weighted by Gasteiger charge is -2.24. The van der Waals surface area contributed by atoms with Crippen molar-refractivity contribution in [2.45, 2.75) is 37.7 Å². The fraction of sp³-hybridized carbons (Fsp3) is 0.571. The van der Waals surface area contributed by atoms with Crippen molar-refractivity contribution in [1.82, 2.24) is 5.32 Å². The molecule has 0 saturated carbocycles. The van der Waals surface area contributed by atoms with Gasteiger partial charge in [0.2, 0.25) is 0 Å². The fourth-order valence-corrected chi connectivity index (χ4v) is 2.88. The zero-order chi connectivity index (χ0) is 16.3. The lowest BCUT2D eigenvalue weighted by molar-refractivity contribution is -0.137. The molecule has 2 unspecified atom stereocenters. The van der Waals surface area contributed by atoms with Gasteiger partial charge >= 0.3 is 6.18 Å². The Morgan fingerprint density at radius 1 is 1.29 bits per heavy atom. The normalized spacial score (nSPS) is 15.7. The molecule has 0 heterocycles. The summed E-state index contributed by atoms with van der Waals surface area (Å²) < 4.78 is 61.4. The van der Waals surface area contributed by atoms with Crippen LogP contribution in [0.15, 0.2) is 24.3 Å². The second kappa shape index (κ2) is 6.79. The first-order valence-corrected chi connectivity index (χ1v) is 8.59. The number of halogens is 3. The maximum absolute atomic E-state index is 12.7. The van der Waals surface area contributed by atoms with E-state index in [2.05, 4.69) is 5.32 Å². The first kappa shape index (κ1) is 18.0. The van der Waals surface area contributed by atoms with Crippen LogP contribution in [0.2, 0.25) is 0 Å².